The summed E-state index contributed by atoms with van der Waals surface area (Å²) in [5.41, 5.74) is 0.875. The topological polar surface area (TPSA) is 18.5 Å². The highest BCUT2D eigenvalue weighted by molar-refractivity contribution is 5.40. The van der Waals surface area contributed by atoms with Gasteiger partial charge in [-0.1, -0.05) is 19.4 Å². The van der Waals surface area contributed by atoms with Crippen LogP contribution in [0, 0.1) is 0 Å². The summed E-state index contributed by atoms with van der Waals surface area (Å²) in [5.74, 6) is 0.160. The third-order valence-electron chi connectivity index (χ3n) is 2.01. The summed E-state index contributed by atoms with van der Waals surface area (Å²) < 4.78 is 44.7. The molecule has 0 unspecified atom stereocenters. The van der Waals surface area contributed by atoms with E-state index in [1.807, 2.05) is 6.92 Å². The lowest BCUT2D eigenvalue weighted by molar-refractivity contribution is -0.274. The summed E-state index contributed by atoms with van der Waals surface area (Å²) in [4.78, 5) is 0. The molecule has 1 aromatic rings. The second-order valence-electron chi connectivity index (χ2n) is 3.27. The molecule has 0 aliphatic heterocycles. The number of hydrogen-bond acceptors (Lipinski definition) is 2. The molecule has 0 saturated carbocycles. The first-order chi connectivity index (χ1) is 7.46. The van der Waals surface area contributed by atoms with Gasteiger partial charge >= 0.3 is 6.36 Å². The van der Waals surface area contributed by atoms with Crippen molar-refractivity contribution in [3.63, 3.8) is 0 Å². The summed E-state index contributed by atoms with van der Waals surface area (Å²) >= 11 is 0. The highest BCUT2D eigenvalue weighted by Crippen LogP contribution is 2.29. The van der Waals surface area contributed by atoms with Gasteiger partial charge in [0.2, 0.25) is 0 Å². The third kappa shape index (κ3) is 3.64. The van der Waals surface area contributed by atoms with Gasteiger partial charge in [-0.2, -0.15) is 0 Å². The van der Waals surface area contributed by atoms with Crippen LogP contribution in [0.2, 0.25) is 0 Å². The molecule has 1 aromatic carbocycles. The molecule has 0 aromatic heterocycles. The van der Waals surface area contributed by atoms with Crippen molar-refractivity contribution in [2.45, 2.75) is 26.1 Å². The SMILES string of the molecule is CCCc1ccc(OC(F)(F)F)cc1OC. The van der Waals surface area contributed by atoms with E-state index in [1.54, 1.807) is 6.07 Å². The predicted octanol–water partition coefficient (Wildman–Crippen LogP) is 3.55. The minimum absolute atomic E-state index is 0.260. The van der Waals surface area contributed by atoms with Gasteiger partial charge in [-0.05, 0) is 18.1 Å². The quantitative estimate of drug-likeness (QED) is 0.793. The van der Waals surface area contributed by atoms with Crippen LogP contribution < -0.4 is 9.47 Å². The van der Waals surface area contributed by atoms with E-state index in [4.69, 9.17) is 4.74 Å². The highest BCUT2D eigenvalue weighted by Gasteiger charge is 2.31. The number of halogens is 3. The number of methoxy groups -OCH3 is 1. The van der Waals surface area contributed by atoms with E-state index >= 15 is 0 Å². The van der Waals surface area contributed by atoms with Crippen molar-refractivity contribution in [3.05, 3.63) is 23.8 Å². The van der Waals surface area contributed by atoms with Gasteiger partial charge in [-0.3, -0.25) is 0 Å². The Labute approximate surface area is 92.0 Å². The molecule has 0 atom stereocenters. The number of ether oxygens (including phenoxy) is 2. The molecular formula is C11H13F3O2. The molecule has 2 nitrogen and oxygen atoms in total. The number of benzene rings is 1. The number of aryl methyl sites for hydroxylation is 1. The molecule has 0 radical (unpaired) electrons. The van der Waals surface area contributed by atoms with Crippen LogP contribution in [-0.4, -0.2) is 13.5 Å². The summed E-state index contributed by atoms with van der Waals surface area (Å²) in [7, 11) is 1.42. The molecule has 0 amide bonds. The smallest absolute Gasteiger partial charge is 0.496 e. The standard InChI is InChI=1S/C11H13F3O2/c1-3-4-8-5-6-9(7-10(8)15-2)16-11(12,13)14/h5-7H,3-4H2,1-2H3. The monoisotopic (exact) mass is 234 g/mol. The lowest BCUT2D eigenvalue weighted by atomic mass is 10.1. The second kappa shape index (κ2) is 5.09. The van der Waals surface area contributed by atoms with E-state index in [2.05, 4.69) is 4.74 Å². The van der Waals surface area contributed by atoms with Crippen LogP contribution in [0.15, 0.2) is 18.2 Å². The molecular weight excluding hydrogens is 221 g/mol. The van der Waals surface area contributed by atoms with Gasteiger partial charge in [0.05, 0.1) is 7.11 Å². The number of rotatable bonds is 4. The van der Waals surface area contributed by atoms with Crippen LogP contribution in [0.4, 0.5) is 13.2 Å². The molecule has 0 fully saturated rings. The summed E-state index contributed by atoms with van der Waals surface area (Å²) in [6, 6.07) is 4.13. The van der Waals surface area contributed by atoms with E-state index in [-0.39, 0.29) is 5.75 Å². The maximum Gasteiger partial charge on any atom is 0.573 e. The Morgan fingerprint density at radius 1 is 1.25 bits per heavy atom. The fourth-order valence-electron chi connectivity index (χ4n) is 1.40. The minimum Gasteiger partial charge on any atom is -0.496 e. The molecule has 1 rings (SSSR count). The average molecular weight is 234 g/mol. The van der Waals surface area contributed by atoms with Crippen molar-refractivity contribution in [1.82, 2.24) is 0 Å². The fourth-order valence-corrected chi connectivity index (χ4v) is 1.40. The normalized spacial score (nSPS) is 11.3. The zero-order valence-electron chi connectivity index (χ0n) is 9.10. The van der Waals surface area contributed by atoms with Crippen molar-refractivity contribution in [2.24, 2.45) is 0 Å². The molecule has 0 aliphatic carbocycles. The maximum absolute atomic E-state index is 12.0. The molecule has 0 bridgehead atoms. The summed E-state index contributed by atoms with van der Waals surface area (Å²) in [5, 5.41) is 0. The van der Waals surface area contributed by atoms with Gasteiger partial charge in [0.1, 0.15) is 11.5 Å². The predicted molar refractivity (Wildman–Crippen MR) is 53.7 cm³/mol. The Morgan fingerprint density at radius 2 is 1.94 bits per heavy atom. The molecule has 0 spiro atoms. The van der Waals surface area contributed by atoms with Crippen molar-refractivity contribution in [3.8, 4) is 11.5 Å². The molecule has 90 valence electrons. The van der Waals surface area contributed by atoms with E-state index < -0.39 is 6.36 Å². The van der Waals surface area contributed by atoms with Crippen molar-refractivity contribution in [2.75, 3.05) is 7.11 Å². The van der Waals surface area contributed by atoms with Crippen LogP contribution >= 0.6 is 0 Å². The van der Waals surface area contributed by atoms with Crippen molar-refractivity contribution < 1.29 is 22.6 Å². The number of hydrogen-bond donors (Lipinski definition) is 0. The zero-order valence-corrected chi connectivity index (χ0v) is 9.10. The third-order valence-corrected chi connectivity index (χ3v) is 2.01. The van der Waals surface area contributed by atoms with Crippen molar-refractivity contribution >= 4 is 0 Å². The van der Waals surface area contributed by atoms with Gasteiger partial charge in [0.15, 0.2) is 0 Å². The molecule has 5 heteroatoms. The van der Waals surface area contributed by atoms with Crippen LogP contribution in [0.3, 0.4) is 0 Å². The first-order valence-electron chi connectivity index (χ1n) is 4.89. The van der Waals surface area contributed by atoms with Gasteiger partial charge in [0.25, 0.3) is 0 Å². The zero-order chi connectivity index (χ0) is 12.2. The highest BCUT2D eigenvalue weighted by atomic mass is 19.4. The minimum atomic E-state index is -4.67. The Hall–Kier alpha value is -1.39. The van der Waals surface area contributed by atoms with Crippen LogP contribution in [0.5, 0.6) is 11.5 Å². The second-order valence-corrected chi connectivity index (χ2v) is 3.27. The Morgan fingerprint density at radius 3 is 2.44 bits per heavy atom. The first kappa shape index (κ1) is 12.7. The van der Waals surface area contributed by atoms with Gasteiger partial charge in [-0.25, -0.2) is 0 Å². The summed E-state index contributed by atoms with van der Waals surface area (Å²) in [6.45, 7) is 1.99. The van der Waals surface area contributed by atoms with Gasteiger partial charge < -0.3 is 9.47 Å². The number of alkyl halides is 3. The van der Waals surface area contributed by atoms with Crippen molar-refractivity contribution in [1.29, 1.82) is 0 Å². The summed E-state index contributed by atoms with van der Waals surface area (Å²) in [6.07, 6.45) is -3.01. The Kier molecular flexibility index (Phi) is 4.04. The lowest BCUT2D eigenvalue weighted by Crippen LogP contribution is -2.17. The van der Waals surface area contributed by atoms with E-state index in [0.717, 1.165) is 18.4 Å². The van der Waals surface area contributed by atoms with Crippen LogP contribution in [0.25, 0.3) is 0 Å². The van der Waals surface area contributed by atoms with Crippen LogP contribution in [0.1, 0.15) is 18.9 Å². The Bertz CT molecular complexity index is 348. The van der Waals surface area contributed by atoms with Crippen LogP contribution in [-0.2, 0) is 6.42 Å². The molecule has 0 saturated heterocycles. The van der Waals surface area contributed by atoms with E-state index in [9.17, 15) is 13.2 Å². The Balaban J connectivity index is 2.90. The van der Waals surface area contributed by atoms with Gasteiger partial charge in [0, 0.05) is 6.07 Å². The first-order valence-corrected chi connectivity index (χ1v) is 4.89. The largest absolute Gasteiger partial charge is 0.573 e. The fraction of sp³-hybridized carbons (Fsp3) is 0.455. The molecule has 16 heavy (non-hydrogen) atoms. The molecule has 0 aliphatic rings. The van der Waals surface area contributed by atoms with E-state index in [1.165, 1.54) is 19.2 Å². The molecule has 0 N–H and O–H groups in total. The van der Waals surface area contributed by atoms with E-state index in [0.29, 0.717) is 5.75 Å². The lowest BCUT2D eigenvalue weighted by Gasteiger charge is -2.12. The van der Waals surface area contributed by atoms with Gasteiger partial charge in [-0.15, -0.1) is 13.2 Å². The average Bonchev–Trinajstić information content (AvgIpc) is 2.18. The molecule has 0 heterocycles. The maximum atomic E-state index is 12.0.